The molecular weight excluding hydrogens is 462 g/mol. The van der Waals surface area contributed by atoms with Crippen molar-refractivity contribution in [3.05, 3.63) is 65.2 Å². The number of anilines is 1. The molecule has 2 aromatic rings. The molecule has 0 saturated carbocycles. The number of benzene rings is 2. The second-order valence-corrected chi connectivity index (χ2v) is 11.9. The van der Waals surface area contributed by atoms with Crippen LogP contribution in [-0.2, 0) is 26.0 Å². The second kappa shape index (κ2) is 11.7. The van der Waals surface area contributed by atoms with E-state index in [9.17, 15) is 18.0 Å². The average molecular weight is 502 g/mol. The third-order valence-corrected chi connectivity index (χ3v) is 7.02. The molecule has 2 rings (SSSR count). The van der Waals surface area contributed by atoms with Gasteiger partial charge in [0.05, 0.1) is 11.9 Å². The van der Waals surface area contributed by atoms with Gasteiger partial charge in [-0.05, 0) is 70.2 Å². The zero-order chi connectivity index (χ0) is 26.4. The van der Waals surface area contributed by atoms with Crippen LogP contribution >= 0.6 is 0 Å². The predicted octanol–water partition coefficient (Wildman–Crippen LogP) is 3.83. The van der Waals surface area contributed by atoms with Crippen LogP contribution in [0.1, 0.15) is 50.8 Å². The van der Waals surface area contributed by atoms with Gasteiger partial charge in [0.25, 0.3) is 0 Å². The maximum atomic E-state index is 13.7. The molecule has 8 heteroatoms. The van der Waals surface area contributed by atoms with Gasteiger partial charge in [0.2, 0.25) is 21.8 Å². The number of rotatable bonds is 10. The van der Waals surface area contributed by atoms with Gasteiger partial charge < -0.3 is 10.2 Å². The summed E-state index contributed by atoms with van der Waals surface area (Å²) in [6.07, 6.45) is 2.05. The summed E-state index contributed by atoms with van der Waals surface area (Å²) >= 11 is 0. The molecule has 0 saturated heterocycles. The summed E-state index contributed by atoms with van der Waals surface area (Å²) in [6.45, 7) is 11.2. The Bertz CT molecular complexity index is 1120. The molecule has 0 radical (unpaired) electrons. The molecule has 7 nitrogen and oxygen atoms in total. The van der Waals surface area contributed by atoms with Crippen molar-refractivity contribution in [2.45, 2.75) is 66.0 Å². The zero-order valence-electron chi connectivity index (χ0n) is 22.0. The zero-order valence-corrected chi connectivity index (χ0v) is 22.8. The van der Waals surface area contributed by atoms with Gasteiger partial charge in [-0.3, -0.25) is 13.9 Å². The fourth-order valence-electron chi connectivity index (χ4n) is 3.95. The summed E-state index contributed by atoms with van der Waals surface area (Å²) in [5.74, 6) is -0.665. The highest BCUT2D eigenvalue weighted by Gasteiger charge is 2.33. The molecule has 0 aromatic heterocycles. The Morgan fingerprint density at radius 2 is 1.63 bits per heavy atom. The van der Waals surface area contributed by atoms with E-state index >= 15 is 0 Å². The molecule has 2 aromatic carbocycles. The molecule has 192 valence electrons. The van der Waals surface area contributed by atoms with Gasteiger partial charge in [0.15, 0.2) is 0 Å². The van der Waals surface area contributed by atoms with Crippen LogP contribution < -0.4 is 9.62 Å². The topological polar surface area (TPSA) is 86.8 Å². The average Bonchev–Trinajstić information content (AvgIpc) is 2.75. The lowest BCUT2D eigenvalue weighted by Crippen LogP contribution is -2.56. The number of hydrogen-bond acceptors (Lipinski definition) is 4. The Kier molecular flexibility index (Phi) is 9.49. The van der Waals surface area contributed by atoms with Crippen molar-refractivity contribution in [2.75, 3.05) is 23.7 Å². The van der Waals surface area contributed by atoms with Crippen LogP contribution in [0.25, 0.3) is 0 Å². The highest BCUT2D eigenvalue weighted by molar-refractivity contribution is 7.92. The van der Waals surface area contributed by atoms with Crippen LogP contribution in [0.15, 0.2) is 48.5 Å². The number of aryl methyl sites for hydroxylation is 1. The normalized spacial score (nSPS) is 12.7. The fraction of sp³-hybridized carbons (Fsp3) is 0.481. The Morgan fingerprint density at radius 3 is 2.17 bits per heavy atom. The number of carbonyl (C=O) groups excluding carboxylic acids is 2. The minimum absolute atomic E-state index is 0.251. The van der Waals surface area contributed by atoms with Gasteiger partial charge >= 0.3 is 0 Å². The van der Waals surface area contributed by atoms with Crippen molar-refractivity contribution < 1.29 is 18.0 Å². The molecule has 0 aliphatic carbocycles. The second-order valence-electron chi connectivity index (χ2n) is 9.97. The van der Waals surface area contributed by atoms with E-state index in [1.165, 1.54) is 4.90 Å². The summed E-state index contributed by atoms with van der Waals surface area (Å²) < 4.78 is 26.7. The molecule has 2 amide bonds. The van der Waals surface area contributed by atoms with Crippen molar-refractivity contribution in [3.63, 3.8) is 0 Å². The summed E-state index contributed by atoms with van der Waals surface area (Å²) in [5, 5.41) is 2.97. The molecule has 0 aliphatic heterocycles. The SMILES string of the molecule is CC[C@@H](C(=O)NC(C)(C)C)N(CCc1ccccc1)C(=O)CN(c1cccc(C)c1C)S(C)(=O)=O. The van der Waals surface area contributed by atoms with Gasteiger partial charge in [-0.2, -0.15) is 0 Å². The smallest absolute Gasteiger partial charge is 0.244 e. The largest absolute Gasteiger partial charge is 0.350 e. The third-order valence-electron chi connectivity index (χ3n) is 5.89. The summed E-state index contributed by atoms with van der Waals surface area (Å²) in [4.78, 5) is 28.4. The van der Waals surface area contributed by atoms with Crippen LogP contribution in [0.2, 0.25) is 0 Å². The first-order valence-corrected chi connectivity index (χ1v) is 13.8. The minimum atomic E-state index is -3.75. The lowest BCUT2D eigenvalue weighted by atomic mass is 10.1. The maximum absolute atomic E-state index is 13.7. The predicted molar refractivity (Wildman–Crippen MR) is 142 cm³/mol. The molecule has 1 N–H and O–H groups in total. The summed E-state index contributed by atoms with van der Waals surface area (Å²) in [7, 11) is -3.75. The first kappa shape index (κ1) is 28.4. The lowest BCUT2D eigenvalue weighted by Gasteiger charge is -2.34. The number of nitrogens with zero attached hydrogens (tertiary/aromatic N) is 2. The molecule has 35 heavy (non-hydrogen) atoms. The summed E-state index contributed by atoms with van der Waals surface area (Å²) in [5.41, 5.74) is 2.76. The van der Waals surface area contributed by atoms with E-state index in [0.29, 0.717) is 25.1 Å². The van der Waals surface area contributed by atoms with Crippen molar-refractivity contribution in [2.24, 2.45) is 0 Å². The van der Waals surface area contributed by atoms with E-state index in [1.54, 1.807) is 12.1 Å². The first-order chi connectivity index (χ1) is 16.2. The highest BCUT2D eigenvalue weighted by atomic mass is 32.2. The van der Waals surface area contributed by atoms with Gasteiger partial charge in [0.1, 0.15) is 12.6 Å². The molecule has 0 spiro atoms. The van der Waals surface area contributed by atoms with E-state index in [0.717, 1.165) is 27.3 Å². The Hall–Kier alpha value is -2.87. The number of carbonyl (C=O) groups is 2. The standard InChI is InChI=1S/C27H39N3O4S/c1-8-23(26(32)28-27(4,5)6)29(18-17-22-14-10-9-11-15-22)25(31)19-30(35(7,33)34)24-16-12-13-20(2)21(24)3/h9-16,23H,8,17-19H2,1-7H3,(H,28,32)/t23-/m0/s1. The van der Waals surface area contributed by atoms with Crippen molar-refractivity contribution in [1.82, 2.24) is 10.2 Å². The van der Waals surface area contributed by atoms with E-state index in [2.05, 4.69) is 5.32 Å². The monoisotopic (exact) mass is 501 g/mol. The number of sulfonamides is 1. The third kappa shape index (κ3) is 8.09. The molecule has 1 atom stereocenters. The quantitative estimate of drug-likeness (QED) is 0.536. The van der Waals surface area contributed by atoms with Gasteiger partial charge in [-0.1, -0.05) is 49.4 Å². The highest BCUT2D eigenvalue weighted by Crippen LogP contribution is 2.25. The molecule has 0 bridgehead atoms. The Balaban J connectivity index is 2.42. The van der Waals surface area contributed by atoms with Crippen LogP contribution in [-0.4, -0.2) is 56.1 Å². The fourth-order valence-corrected chi connectivity index (χ4v) is 4.85. The molecule has 0 fully saturated rings. The molecule has 0 heterocycles. The lowest BCUT2D eigenvalue weighted by molar-refractivity contribution is -0.140. The number of amides is 2. The van der Waals surface area contributed by atoms with Crippen molar-refractivity contribution >= 4 is 27.5 Å². The first-order valence-electron chi connectivity index (χ1n) is 11.9. The van der Waals surface area contributed by atoms with E-state index in [1.807, 2.05) is 77.9 Å². The van der Waals surface area contributed by atoms with Crippen LogP contribution in [0.4, 0.5) is 5.69 Å². The van der Waals surface area contributed by atoms with Crippen molar-refractivity contribution in [3.8, 4) is 0 Å². The summed E-state index contributed by atoms with van der Waals surface area (Å²) in [6, 6.07) is 14.4. The van der Waals surface area contributed by atoms with Gasteiger partial charge in [-0.15, -0.1) is 0 Å². The molecule has 0 unspecified atom stereocenters. The van der Waals surface area contributed by atoms with Crippen LogP contribution in [0, 0.1) is 13.8 Å². The van der Waals surface area contributed by atoms with Crippen LogP contribution in [0.3, 0.4) is 0 Å². The van der Waals surface area contributed by atoms with Gasteiger partial charge in [0, 0.05) is 12.1 Å². The van der Waals surface area contributed by atoms with E-state index < -0.39 is 27.5 Å². The maximum Gasteiger partial charge on any atom is 0.244 e. The number of hydrogen-bond donors (Lipinski definition) is 1. The molecule has 0 aliphatic rings. The Labute approximate surface area is 210 Å². The van der Waals surface area contributed by atoms with Crippen molar-refractivity contribution in [1.29, 1.82) is 0 Å². The minimum Gasteiger partial charge on any atom is -0.350 e. The van der Waals surface area contributed by atoms with Crippen LogP contribution in [0.5, 0.6) is 0 Å². The van der Waals surface area contributed by atoms with Gasteiger partial charge in [-0.25, -0.2) is 8.42 Å². The molecular formula is C27H39N3O4S. The van der Waals surface area contributed by atoms with E-state index in [4.69, 9.17) is 0 Å². The Morgan fingerprint density at radius 1 is 1.00 bits per heavy atom. The number of nitrogens with one attached hydrogen (secondary N) is 1. The van der Waals surface area contributed by atoms with E-state index in [-0.39, 0.29) is 12.5 Å².